The minimum absolute atomic E-state index is 0.0833. The lowest BCUT2D eigenvalue weighted by atomic mass is 10.1. The van der Waals surface area contributed by atoms with Crippen molar-refractivity contribution >= 4 is 34.8 Å². The fourth-order valence-corrected chi connectivity index (χ4v) is 2.36. The molecule has 0 aliphatic heterocycles. The first-order valence-electron chi connectivity index (χ1n) is 6.00. The van der Waals surface area contributed by atoms with Gasteiger partial charge in [-0.25, -0.2) is 4.39 Å². The van der Waals surface area contributed by atoms with Gasteiger partial charge in [0.15, 0.2) is 11.6 Å². The topological polar surface area (TPSA) is 29.5 Å². The zero-order valence-electron chi connectivity index (χ0n) is 11.4. The van der Waals surface area contributed by atoms with Gasteiger partial charge in [0.1, 0.15) is 0 Å². The SMILES string of the molecule is COc1ccc(C(=O)N(C)c2cc(Cl)cc(Cl)c2)cc1F. The molecule has 0 atom stereocenters. The molecule has 0 saturated carbocycles. The lowest BCUT2D eigenvalue weighted by Crippen LogP contribution is -2.26. The molecule has 110 valence electrons. The van der Waals surface area contributed by atoms with Crippen molar-refractivity contribution in [1.82, 2.24) is 0 Å². The van der Waals surface area contributed by atoms with E-state index < -0.39 is 5.82 Å². The fourth-order valence-electron chi connectivity index (χ4n) is 1.84. The summed E-state index contributed by atoms with van der Waals surface area (Å²) in [7, 11) is 2.92. The maximum Gasteiger partial charge on any atom is 0.258 e. The van der Waals surface area contributed by atoms with E-state index in [0.29, 0.717) is 15.7 Å². The van der Waals surface area contributed by atoms with Crippen molar-refractivity contribution in [3.63, 3.8) is 0 Å². The molecule has 0 aliphatic rings. The molecule has 0 aromatic heterocycles. The van der Waals surface area contributed by atoms with Gasteiger partial charge in [-0.05, 0) is 36.4 Å². The van der Waals surface area contributed by atoms with E-state index in [4.69, 9.17) is 27.9 Å². The van der Waals surface area contributed by atoms with Gasteiger partial charge in [0.25, 0.3) is 5.91 Å². The van der Waals surface area contributed by atoms with Crippen LogP contribution in [-0.4, -0.2) is 20.1 Å². The summed E-state index contributed by atoms with van der Waals surface area (Å²) in [5.74, 6) is -0.893. The average Bonchev–Trinajstić information content (AvgIpc) is 2.44. The fraction of sp³-hybridized carbons (Fsp3) is 0.133. The molecule has 0 N–H and O–H groups in total. The van der Waals surface area contributed by atoms with Gasteiger partial charge in [-0.2, -0.15) is 0 Å². The molecule has 0 unspecified atom stereocenters. The molecule has 0 bridgehead atoms. The quantitative estimate of drug-likeness (QED) is 0.835. The Labute approximate surface area is 131 Å². The highest BCUT2D eigenvalue weighted by Crippen LogP contribution is 2.26. The Morgan fingerprint density at radius 3 is 2.29 bits per heavy atom. The van der Waals surface area contributed by atoms with Gasteiger partial charge in [-0.3, -0.25) is 4.79 Å². The molecular weight excluding hydrogens is 316 g/mol. The molecule has 0 heterocycles. The third-order valence-electron chi connectivity index (χ3n) is 2.94. The highest BCUT2D eigenvalue weighted by Gasteiger charge is 2.16. The summed E-state index contributed by atoms with van der Waals surface area (Å²) in [4.78, 5) is 13.7. The summed E-state index contributed by atoms with van der Waals surface area (Å²) < 4.78 is 18.5. The Morgan fingerprint density at radius 2 is 1.76 bits per heavy atom. The molecule has 3 nitrogen and oxygen atoms in total. The average molecular weight is 328 g/mol. The Hall–Kier alpha value is -1.78. The van der Waals surface area contributed by atoms with Gasteiger partial charge >= 0.3 is 0 Å². The maximum absolute atomic E-state index is 13.7. The molecule has 2 aromatic rings. The van der Waals surface area contributed by atoms with Crippen LogP contribution in [0.3, 0.4) is 0 Å². The van der Waals surface area contributed by atoms with Gasteiger partial charge in [0.05, 0.1) is 7.11 Å². The highest BCUT2D eigenvalue weighted by molar-refractivity contribution is 6.35. The van der Waals surface area contributed by atoms with Crippen molar-refractivity contribution in [2.45, 2.75) is 0 Å². The van der Waals surface area contributed by atoms with Crippen LogP contribution in [-0.2, 0) is 0 Å². The second kappa shape index (κ2) is 6.33. The zero-order chi connectivity index (χ0) is 15.6. The maximum atomic E-state index is 13.7. The van der Waals surface area contributed by atoms with E-state index in [1.807, 2.05) is 0 Å². The molecule has 0 spiro atoms. The van der Waals surface area contributed by atoms with Gasteiger partial charge in [-0.15, -0.1) is 0 Å². The van der Waals surface area contributed by atoms with Crippen LogP contribution < -0.4 is 9.64 Å². The number of halogens is 3. The summed E-state index contributed by atoms with van der Waals surface area (Å²) in [6.07, 6.45) is 0. The Bertz CT molecular complexity index is 671. The van der Waals surface area contributed by atoms with E-state index >= 15 is 0 Å². The van der Waals surface area contributed by atoms with Crippen LogP contribution in [0.1, 0.15) is 10.4 Å². The molecule has 0 aliphatic carbocycles. The van der Waals surface area contributed by atoms with E-state index in [1.54, 1.807) is 25.2 Å². The van der Waals surface area contributed by atoms with Crippen molar-refractivity contribution in [2.75, 3.05) is 19.1 Å². The highest BCUT2D eigenvalue weighted by atomic mass is 35.5. The van der Waals surface area contributed by atoms with Crippen molar-refractivity contribution in [3.05, 3.63) is 57.8 Å². The smallest absolute Gasteiger partial charge is 0.258 e. The molecule has 21 heavy (non-hydrogen) atoms. The molecule has 2 rings (SSSR count). The number of ether oxygens (including phenoxy) is 1. The van der Waals surface area contributed by atoms with Crippen LogP contribution in [0, 0.1) is 5.82 Å². The number of carbonyl (C=O) groups is 1. The Kier molecular flexibility index (Phi) is 4.70. The zero-order valence-corrected chi connectivity index (χ0v) is 12.9. The molecule has 0 fully saturated rings. The number of hydrogen-bond donors (Lipinski definition) is 0. The molecule has 6 heteroatoms. The van der Waals surface area contributed by atoms with Crippen molar-refractivity contribution in [3.8, 4) is 5.75 Å². The summed E-state index contributed by atoms with van der Waals surface area (Å²) in [6, 6.07) is 8.80. The summed E-state index contributed by atoms with van der Waals surface area (Å²) >= 11 is 11.8. The number of amides is 1. The van der Waals surface area contributed by atoms with E-state index in [1.165, 1.54) is 24.1 Å². The largest absolute Gasteiger partial charge is 0.494 e. The molecular formula is C15H12Cl2FNO2. The van der Waals surface area contributed by atoms with Crippen LogP contribution in [0.5, 0.6) is 5.75 Å². The third kappa shape index (κ3) is 3.46. The summed E-state index contributed by atoms with van der Waals surface area (Å²) in [5.41, 5.74) is 0.723. The van der Waals surface area contributed by atoms with Crippen LogP contribution in [0.4, 0.5) is 10.1 Å². The summed E-state index contributed by atoms with van der Waals surface area (Å²) in [6.45, 7) is 0. The normalized spacial score (nSPS) is 10.3. The summed E-state index contributed by atoms with van der Waals surface area (Å²) in [5, 5.41) is 0.830. The molecule has 0 saturated heterocycles. The number of anilines is 1. The third-order valence-corrected chi connectivity index (χ3v) is 3.37. The van der Waals surface area contributed by atoms with E-state index in [2.05, 4.69) is 0 Å². The monoisotopic (exact) mass is 327 g/mol. The molecule has 1 amide bonds. The Morgan fingerprint density at radius 1 is 1.14 bits per heavy atom. The molecule has 0 radical (unpaired) electrons. The van der Waals surface area contributed by atoms with E-state index in [-0.39, 0.29) is 17.2 Å². The number of rotatable bonds is 3. The second-order valence-corrected chi connectivity index (χ2v) is 5.21. The lowest BCUT2D eigenvalue weighted by Gasteiger charge is -2.18. The van der Waals surface area contributed by atoms with Gasteiger partial charge in [-0.1, -0.05) is 23.2 Å². The number of nitrogens with zero attached hydrogens (tertiary/aromatic N) is 1. The number of methoxy groups -OCH3 is 1. The van der Waals surface area contributed by atoms with Crippen molar-refractivity contribution in [2.24, 2.45) is 0 Å². The predicted molar refractivity (Wildman–Crippen MR) is 82.1 cm³/mol. The lowest BCUT2D eigenvalue weighted by molar-refractivity contribution is 0.0992. The van der Waals surface area contributed by atoms with E-state index in [9.17, 15) is 9.18 Å². The van der Waals surface area contributed by atoms with Gasteiger partial charge < -0.3 is 9.64 Å². The minimum Gasteiger partial charge on any atom is -0.494 e. The number of hydrogen-bond acceptors (Lipinski definition) is 2. The van der Waals surface area contributed by atoms with Gasteiger partial charge in [0.2, 0.25) is 0 Å². The van der Waals surface area contributed by atoms with Crippen LogP contribution in [0.25, 0.3) is 0 Å². The first-order chi connectivity index (χ1) is 9.92. The Balaban J connectivity index is 2.32. The minimum atomic E-state index is -0.596. The number of benzene rings is 2. The van der Waals surface area contributed by atoms with Gasteiger partial charge in [0, 0.05) is 28.3 Å². The molecule has 2 aromatic carbocycles. The van der Waals surface area contributed by atoms with Crippen molar-refractivity contribution in [1.29, 1.82) is 0 Å². The van der Waals surface area contributed by atoms with E-state index in [0.717, 1.165) is 6.07 Å². The number of carbonyl (C=O) groups excluding carboxylic acids is 1. The predicted octanol–water partition coefficient (Wildman–Crippen LogP) is 4.42. The first-order valence-corrected chi connectivity index (χ1v) is 6.75. The standard InChI is InChI=1S/C15H12Cl2FNO2/c1-19(12-7-10(16)6-11(17)8-12)15(20)9-3-4-14(21-2)13(18)5-9/h3-8H,1-2H3. The van der Waals surface area contributed by atoms with Crippen LogP contribution >= 0.6 is 23.2 Å². The van der Waals surface area contributed by atoms with Crippen LogP contribution in [0.2, 0.25) is 10.0 Å². The van der Waals surface area contributed by atoms with Crippen LogP contribution in [0.15, 0.2) is 36.4 Å². The first kappa shape index (κ1) is 15.6. The second-order valence-electron chi connectivity index (χ2n) is 4.34. The van der Waals surface area contributed by atoms with Crippen molar-refractivity contribution < 1.29 is 13.9 Å².